The number of ether oxygens (including phenoxy) is 1. The van der Waals surface area contributed by atoms with Crippen LogP contribution in [0.1, 0.15) is 41.7 Å². The Balaban J connectivity index is 1.54. The number of nitrogens with two attached hydrogens (primary N) is 1. The van der Waals surface area contributed by atoms with Crippen molar-refractivity contribution in [1.29, 1.82) is 0 Å². The Morgan fingerprint density at radius 2 is 2.00 bits per heavy atom. The summed E-state index contributed by atoms with van der Waals surface area (Å²) in [5.74, 6) is 0.153. The lowest BCUT2D eigenvalue weighted by Gasteiger charge is -2.29. The van der Waals surface area contributed by atoms with Crippen molar-refractivity contribution >= 4 is 16.8 Å². The van der Waals surface area contributed by atoms with Crippen LogP contribution >= 0.6 is 0 Å². The highest BCUT2D eigenvalue weighted by Gasteiger charge is 2.40. The fourth-order valence-electron chi connectivity index (χ4n) is 5.27. The van der Waals surface area contributed by atoms with Gasteiger partial charge in [-0.15, -0.1) is 0 Å². The van der Waals surface area contributed by atoms with Gasteiger partial charge in [0.1, 0.15) is 17.0 Å². The molecule has 3 N–H and O–H groups in total. The van der Waals surface area contributed by atoms with Crippen molar-refractivity contribution < 1.29 is 32.2 Å². The van der Waals surface area contributed by atoms with Crippen LogP contribution < -0.4 is 10.5 Å². The number of aliphatic hydroxyl groups is 1. The van der Waals surface area contributed by atoms with E-state index in [4.69, 9.17) is 14.9 Å². The number of nitrogens with zero attached hydrogens (tertiary/aromatic N) is 3. The highest BCUT2D eigenvalue weighted by atomic mass is 19.4. The first-order valence-electron chi connectivity index (χ1n) is 12.1. The zero-order valence-electron chi connectivity index (χ0n) is 21.0. The number of carbonyl (C=O) groups excluding carboxylic acids is 1. The summed E-state index contributed by atoms with van der Waals surface area (Å²) in [6.45, 7) is 1.96. The van der Waals surface area contributed by atoms with Crippen LogP contribution in [0.25, 0.3) is 22.4 Å². The third-order valence-corrected chi connectivity index (χ3v) is 7.10. The van der Waals surface area contributed by atoms with Crippen molar-refractivity contribution in [1.82, 2.24) is 14.9 Å². The number of halogens is 3. The summed E-state index contributed by atoms with van der Waals surface area (Å²) < 4.78 is 51.0. The van der Waals surface area contributed by atoms with Gasteiger partial charge in [0.2, 0.25) is 5.89 Å². The maximum absolute atomic E-state index is 13.6. The average Bonchev–Trinajstić information content (AvgIpc) is 3.46. The van der Waals surface area contributed by atoms with Gasteiger partial charge in [0.25, 0.3) is 5.91 Å². The molecule has 38 heavy (non-hydrogen) atoms. The number of amides is 1. The number of pyridine rings is 1. The molecule has 3 aromatic rings. The Kier molecular flexibility index (Phi) is 6.52. The number of allylic oxidation sites excluding steroid dienone is 1. The largest absolute Gasteiger partial charge is 0.494 e. The van der Waals surface area contributed by atoms with Crippen molar-refractivity contribution in [3.05, 3.63) is 64.7 Å². The molecule has 3 atom stereocenters. The molecule has 0 aliphatic heterocycles. The Labute approximate surface area is 216 Å². The van der Waals surface area contributed by atoms with E-state index in [9.17, 15) is 23.1 Å². The molecule has 1 aromatic carbocycles. The topological polar surface area (TPSA) is 115 Å². The standard InChI is InChI=1S/C27H27F3N4O4/c1-13-4-5-15-14(10-13)11-18(35)24(15)34(2)26(36)23-20(12-31)38-25(33-23)17-6-8-19(37-3)22-16(17)7-9-21(32-22)27(28,29)30/h4-9,13,18,24,35H,10-12,31H2,1-3H3/t13?,18-,24-/m0/s1. The third-order valence-electron chi connectivity index (χ3n) is 7.10. The molecular weight excluding hydrogens is 501 g/mol. The Morgan fingerprint density at radius 1 is 1.24 bits per heavy atom. The van der Waals surface area contributed by atoms with Gasteiger partial charge in [0.05, 0.1) is 25.8 Å². The van der Waals surface area contributed by atoms with Crippen LogP contribution in [0.3, 0.4) is 0 Å². The molecule has 0 saturated carbocycles. The van der Waals surface area contributed by atoms with Crippen LogP contribution in [0.5, 0.6) is 5.75 Å². The summed E-state index contributed by atoms with van der Waals surface area (Å²) in [4.78, 5) is 23.2. The van der Waals surface area contributed by atoms with Crippen molar-refractivity contribution in [2.75, 3.05) is 14.2 Å². The van der Waals surface area contributed by atoms with Gasteiger partial charge >= 0.3 is 6.18 Å². The monoisotopic (exact) mass is 528 g/mol. The zero-order chi connectivity index (χ0) is 27.4. The van der Waals surface area contributed by atoms with Crippen LogP contribution in [-0.2, 0) is 12.7 Å². The van der Waals surface area contributed by atoms with Crippen molar-refractivity contribution in [2.24, 2.45) is 11.7 Å². The van der Waals surface area contributed by atoms with E-state index >= 15 is 0 Å². The van der Waals surface area contributed by atoms with Crippen LogP contribution in [0.2, 0.25) is 0 Å². The number of hydrogen-bond acceptors (Lipinski definition) is 7. The predicted octanol–water partition coefficient (Wildman–Crippen LogP) is 4.47. The summed E-state index contributed by atoms with van der Waals surface area (Å²) in [6.07, 6.45) is -0.0350. The summed E-state index contributed by atoms with van der Waals surface area (Å²) >= 11 is 0. The smallest absolute Gasteiger partial charge is 0.433 e. The number of carbonyl (C=O) groups is 1. The first kappa shape index (κ1) is 25.9. The van der Waals surface area contributed by atoms with Crippen LogP contribution in [-0.4, -0.2) is 52.2 Å². The van der Waals surface area contributed by atoms with Gasteiger partial charge in [-0.25, -0.2) is 9.97 Å². The van der Waals surface area contributed by atoms with Gasteiger partial charge in [-0.3, -0.25) is 4.79 Å². The lowest BCUT2D eigenvalue weighted by atomic mass is 9.91. The summed E-state index contributed by atoms with van der Waals surface area (Å²) in [5.41, 5.74) is 7.15. The molecule has 1 unspecified atom stereocenters. The molecule has 5 rings (SSSR count). The second-order valence-corrected chi connectivity index (χ2v) is 9.63. The quantitative estimate of drug-likeness (QED) is 0.502. The third kappa shape index (κ3) is 4.35. The Hall–Kier alpha value is -3.70. The number of benzene rings is 1. The number of aliphatic hydroxyl groups excluding tert-OH is 1. The van der Waals surface area contributed by atoms with E-state index in [1.54, 1.807) is 13.1 Å². The molecule has 1 amide bonds. The molecule has 2 aromatic heterocycles. The minimum atomic E-state index is -4.64. The maximum Gasteiger partial charge on any atom is 0.433 e. The van der Waals surface area contributed by atoms with Gasteiger partial charge < -0.3 is 24.9 Å². The summed E-state index contributed by atoms with van der Waals surface area (Å²) in [5, 5.41) is 11.1. The molecule has 8 nitrogen and oxygen atoms in total. The number of fused-ring (bicyclic) bond motifs is 1. The van der Waals surface area contributed by atoms with Crippen LogP contribution in [0.4, 0.5) is 13.2 Å². The fraction of sp³-hybridized carbons (Fsp3) is 0.370. The molecule has 0 radical (unpaired) electrons. The van der Waals surface area contributed by atoms with Crippen LogP contribution in [0, 0.1) is 5.92 Å². The lowest BCUT2D eigenvalue weighted by Crippen LogP contribution is -2.43. The molecule has 11 heteroatoms. The molecule has 0 fully saturated rings. The summed E-state index contributed by atoms with van der Waals surface area (Å²) in [7, 11) is 2.93. The van der Waals surface area contributed by atoms with Crippen molar-refractivity contribution in [3.63, 3.8) is 0 Å². The maximum atomic E-state index is 13.6. The number of hydrogen-bond donors (Lipinski definition) is 2. The van der Waals surface area contributed by atoms with E-state index < -0.39 is 29.9 Å². The molecule has 0 spiro atoms. The lowest BCUT2D eigenvalue weighted by molar-refractivity contribution is -0.140. The Morgan fingerprint density at radius 3 is 2.68 bits per heavy atom. The predicted molar refractivity (Wildman–Crippen MR) is 133 cm³/mol. The second kappa shape index (κ2) is 9.55. The number of likely N-dealkylation sites (N-methyl/N-ethyl adjacent to an activating group) is 1. The Bertz CT molecular complexity index is 1480. The van der Waals surface area contributed by atoms with Gasteiger partial charge in [0, 0.05) is 18.0 Å². The molecule has 0 saturated heterocycles. The van der Waals surface area contributed by atoms with E-state index in [1.807, 2.05) is 6.08 Å². The fourth-order valence-corrected chi connectivity index (χ4v) is 5.27. The average molecular weight is 529 g/mol. The van der Waals surface area contributed by atoms with E-state index in [2.05, 4.69) is 23.0 Å². The number of rotatable bonds is 5. The zero-order valence-corrected chi connectivity index (χ0v) is 21.0. The highest BCUT2D eigenvalue weighted by molar-refractivity contribution is 5.98. The normalized spacial score (nSPS) is 21.2. The number of methoxy groups -OCH3 is 1. The molecule has 2 aliphatic rings. The van der Waals surface area contributed by atoms with Crippen LogP contribution in [0.15, 0.2) is 52.0 Å². The van der Waals surface area contributed by atoms with Gasteiger partial charge in [-0.1, -0.05) is 24.6 Å². The number of aromatic nitrogens is 2. The summed E-state index contributed by atoms with van der Waals surface area (Å²) in [6, 6.07) is 4.63. The molecule has 200 valence electrons. The first-order chi connectivity index (χ1) is 18.0. The van der Waals surface area contributed by atoms with E-state index in [-0.39, 0.29) is 35.2 Å². The van der Waals surface area contributed by atoms with Gasteiger partial charge in [0.15, 0.2) is 11.5 Å². The first-order valence-corrected chi connectivity index (χ1v) is 12.1. The molecule has 2 heterocycles. The highest BCUT2D eigenvalue weighted by Crippen LogP contribution is 2.40. The van der Waals surface area contributed by atoms with E-state index in [0.717, 1.165) is 23.6 Å². The van der Waals surface area contributed by atoms with E-state index in [1.165, 1.54) is 24.1 Å². The van der Waals surface area contributed by atoms with Crippen molar-refractivity contribution in [2.45, 2.75) is 44.6 Å². The van der Waals surface area contributed by atoms with Crippen molar-refractivity contribution in [3.8, 4) is 17.2 Å². The number of alkyl halides is 3. The van der Waals surface area contributed by atoms with Gasteiger partial charge in [-0.05, 0) is 48.6 Å². The SMILES string of the molecule is COc1ccc(-c2nc(C(=O)N(C)[C@H]3C4=C(CC(C)C=C4)C[C@@H]3O)c(CN)o2)c2ccc(C(F)(F)F)nc12. The van der Waals surface area contributed by atoms with Gasteiger partial charge in [-0.2, -0.15) is 13.2 Å². The second-order valence-electron chi connectivity index (χ2n) is 9.63. The minimum Gasteiger partial charge on any atom is -0.494 e. The number of oxazole rings is 1. The molecular formula is C27H27F3N4O4. The van der Waals surface area contributed by atoms with E-state index in [0.29, 0.717) is 23.3 Å². The molecule has 0 bridgehead atoms. The molecule has 2 aliphatic carbocycles. The minimum absolute atomic E-state index is 0.00896.